The summed E-state index contributed by atoms with van der Waals surface area (Å²) in [5, 5.41) is 8.90. The van der Waals surface area contributed by atoms with Crippen LogP contribution in [0.1, 0.15) is 39.5 Å². The molecule has 2 rings (SSSR count). The Balaban J connectivity index is 0.00000200. The van der Waals surface area contributed by atoms with Crippen LogP contribution in [0.15, 0.2) is 16.2 Å². The van der Waals surface area contributed by atoms with Gasteiger partial charge in [0.15, 0.2) is 0 Å². The summed E-state index contributed by atoms with van der Waals surface area (Å²) >= 11 is 0. The summed E-state index contributed by atoms with van der Waals surface area (Å²) in [5.74, 6) is 3.68. The fourth-order valence-corrected chi connectivity index (χ4v) is 3.87. The number of allylic oxidation sites excluding steroid dienone is 3. The molecule has 20 heavy (non-hydrogen) atoms. The number of hydrogen-bond acceptors (Lipinski definition) is 4. The van der Waals surface area contributed by atoms with E-state index in [1.807, 2.05) is 6.07 Å². The van der Waals surface area contributed by atoms with E-state index in [2.05, 4.69) is 30.7 Å². The third-order valence-electron chi connectivity index (χ3n) is 3.76. The van der Waals surface area contributed by atoms with E-state index in [0.29, 0.717) is 0 Å². The van der Waals surface area contributed by atoms with Gasteiger partial charge in [-0.3, -0.25) is 0 Å². The second-order valence-corrected chi connectivity index (χ2v) is 7.15. The van der Waals surface area contributed by atoms with Crippen LogP contribution in [0.2, 0.25) is 0 Å². The Morgan fingerprint density at radius 3 is 2.45 bits per heavy atom. The molecule has 1 saturated heterocycles. The molecule has 0 N–H and O–H groups in total. The molecule has 1 fully saturated rings. The molecule has 0 radical (unpaired) electrons. The standard InChI is InChI=1S/C15H20N2OS.Cm/c1-15(2)10-12(6-7-16)14(19(3)18)13(11-15)17-8-4-5-9-17;/h3-5,8-11H2,1-2H3;/q-2;. The predicted octanol–water partition coefficient (Wildman–Crippen LogP) is 2.76. The van der Waals surface area contributed by atoms with Gasteiger partial charge in [0, 0.05) is 13.1 Å². The van der Waals surface area contributed by atoms with Crippen LogP contribution in [-0.2, 0) is 14.6 Å². The molecule has 0 aromatic carbocycles. The number of rotatable bonds is 2. The van der Waals surface area contributed by atoms with E-state index in [-0.39, 0.29) is 5.41 Å². The van der Waals surface area contributed by atoms with E-state index in [4.69, 9.17) is 5.26 Å². The van der Waals surface area contributed by atoms with Crippen LogP contribution in [-0.4, -0.2) is 23.9 Å². The normalized spacial score (nSPS) is 23.9. The van der Waals surface area contributed by atoms with Crippen molar-refractivity contribution in [2.75, 3.05) is 13.1 Å². The summed E-state index contributed by atoms with van der Waals surface area (Å²) in [6.07, 6.45) is 6.74. The SMILES string of the molecule is C=[S-](=O)C1=C(N2CCCC2)CC(C)(C)CC1=[C-]C#N.[Cm]. The largest absolute Gasteiger partial charge is 0.474 e. The minimum absolute atomic E-state index is 0. The van der Waals surface area contributed by atoms with Gasteiger partial charge in [-0.2, -0.15) is 6.08 Å². The topological polar surface area (TPSA) is 44.1 Å². The second-order valence-electron chi connectivity index (χ2n) is 6.05. The summed E-state index contributed by atoms with van der Waals surface area (Å²) in [6, 6.07) is 1.97. The fourth-order valence-electron chi connectivity index (χ4n) is 3.01. The minimum Gasteiger partial charge on any atom is -0.474 e. The van der Waals surface area contributed by atoms with Crippen LogP contribution in [0, 0.1) is 22.8 Å². The van der Waals surface area contributed by atoms with E-state index < -0.39 is 10.4 Å². The Hall–Kier alpha value is -2.21. The monoisotopic (exact) mass is 519 g/mol. The van der Waals surface area contributed by atoms with Crippen molar-refractivity contribution in [3.05, 3.63) is 22.3 Å². The van der Waals surface area contributed by atoms with Crippen molar-refractivity contribution in [3.8, 4) is 6.07 Å². The zero-order valence-electron chi connectivity index (χ0n) is 12.0. The Bertz CT molecular complexity index is 539. The first-order valence-electron chi connectivity index (χ1n) is 6.65. The van der Waals surface area contributed by atoms with Crippen molar-refractivity contribution in [1.82, 2.24) is 4.90 Å². The molecule has 1 aliphatic carbocycles. The summed E-state index contributed by atoms with van der Waals surface area (Å²) in [6.45, 7) is 6.41. The Labute approximate surface area is 117 Å². The van der Waals surface area contributed by atoms with Gasteiger partial charge in [0.05, 0.1) is 0 Å². The van der Waals surface area contributed by atoms with Crippen molar-refractivity contribution in [1.29, 1.82) is 5.26 Å². The quantitative estimate of drug-likeness (QED) is 0.242. The van der Waals surface area contributed by atoms with E-state index in [0.717, 1.165) is 42.1 Å². The minimum atomic E-state index is -1.31. The van der Waals surface area contributed by atoms with E-state index >= 15 is 0 Å². The van der Waals surface area contributed by atoms with Crippen LogP contribution in [0.3, 0.4) is 0 Å². The molecular formula is C15H20CmN2OS-2. The number of nitriles is 1. The second kappa shape index (κ2) is 5.83. The summed E-state index contributed by atoms with van der Waals surface area (Å²) < 4.78 is 12.0. The Morgan fingerprint density at radius 2 is 1.95 bits per heavy atom. The molecule has 0 bridgehead atoms. The fraction of sp³-hybridized carbons (Fsp3) is 0.600. The molecule has 3 nitrogen and oxygen atoms in total. The van der Waals surface area contributed by atoms with Crippen molar-refractivity contribution < 1.29 is 4.21 Å². The van der Waals surface area contributed by atoms with Gasteiger partial charge >= 0.3 is 0 Å². The van der Waals surface area contributed by atoms with Crippen molar-refractivity contribution in [3.63, 3.8) is 0 Å². The molecule has 0 spiro atoms. The average Bonchev–Trinajstić information content (AvgIpc) is 2.79. The van der Waals surface area contributed by atoms with Gasteiger partial charge in [-0.25, -0.2) is 21.6 Å². The molecule has 1 aliphatic heterocycles. The molecule has 2 aliphatic rings. The van der Waals surface area contributed by atoms with Crippen LogP contribution >= 0.6 is 0 Å². The summed E-state index contributed by atoms with van der Waals surface area (Å²) in [4.78, 5) is 3.07. The molecule has 0 amide bonds. The Morgan fingerprint density at radius 1 is 1.35 bits per heavy atom. The van der Waals surface area contributed by atoms with Gasteiger partial charge < -0.3 is 19.5 Å². The molecule has 0 saturated carbocycles. The van der Waals surface area contributed by atoms with Gasteiger partial charge in [0.2, 0.25) is 0 Å². The van der Waals surface area contributed by atoms with E-state index in [9.17, 15) is 4.21 Å². The molecule has 0 aromatic rings. The number of hydrogen-bond donors (Lipinski definition) is 0. The van der Waals surface area contributed by atoms with Crippen LogP contribution < -0.4 is 0 Å². The summed E-state index contributed by atoms with van der Waals surface area (Å²) in [7, 11) is -1.31. The van der Waals surface area contributed by atoms with Gasteiger partial charge in [0.1, 0.15) is 0 Å². The zero-order chi connectivity index (χ0) is 14.0. The molecule has 0 atom stereocenters. The zero-order valence-corrected chi connectivity index (χ0v) is 15.8. The maximum Gasteiger partial charge on any atom is 0.0159 e. The number of nitrogens with zero attached hydrogens (tertiary/aromatic N) is 2. The Kier molecular flexibility index (Phi) is 4.62. The van der Waals surface area contributed by atoms with Gasteiger partial charge in [-0.15, -0.1) is 0 Å². The smallest absolute Gasteiger partial charge is 0.0159 e. The van der Waals surface area contributed by atoms with E-state index in [1.54, 1.807) is 0 Å². The first-order valence-corrected chi connectivity index (χ1v) is 7.97. The molecule has 0 aromatic heterocycles. The van der Waals surface area contributed by atoms with Crippen molar-refractivity contribution >= 4 is 16.3 Å². The molecule has 112 valence electrons. The first-order chi connectivity index (χ1) is 8.94. The molecule has 0 unspecified atom stereocenters. The maximum absolute atomic E-state index is 12.0. The summed E-state index contributed by atoms with van der Waals surface area (Å²) in [5.41, 5.74) is 1.99. The van der Waals surface area contributed by atoms with Crippen LogP contribution in [0.4, 0.5) is 0 Å². The number of likely N-dealkylation sites (tertiary alicyclic amines) is 1. The van der Waals surface area contributed by atoms with Gasteiger partial charge in [0.25, 0.3) is 0 Å². The third-order valence-corrected chi connectivity index (χ3v) is 4.70. The van der Waals surface area contributed by atoms with Crippen LogP contribution in [0.5, 0.6) is 0 Å². The molecule has 5 heteroatoms. The van der Waals surface area contributed by atoms with E-state index in [1.165, 1.54) is 12.8 Å². The third kappa shape index (κ3) is 3.03. The first kappa shape index (κ1) is 15.8. The molecular weight excluding hydrogens is 503 g/mol. The van der Waals surface area contributed by atoms with Crippen molar-refractivity contribution in [2.45, 2.75) is 39.5 Å². The van der Waals surface area contributed by atoms with Crippen LogP contribution in [0.25, 0.3) is 0 Å². The van der Waals surface area contributed by atoms with Gasteiger partial charge in [-0.1, -0.05) is 26.0 Å². The average molecular weight is 523 g/mol. The maximum atomic E-state index is 12.0. The predicted molar refractivity (Wildman–Crippen MR) is 78.4 cm³/mol. The van der Waals surface area contributed by atoms with Crippen molar-refractivity contribution in [2.24, 2.45) is 5.41 Å². The molecule has 1 heterocycles. The van der Waals surface area contributed by atoms with Gasteiger partial charge in [-0.05, 0) is 30.7 Å².